The molecule has 0 radical (unpaired) electrons. The highest BCUT2D eigenvalue weighted by atomic mass is 16.5. The van der Waals surface area contributed by atoms with Crippen molar-refractivity contribution >= 4 is 5.91 Å². The van der Waals surface area contributed by atoms with E-state index in [-0.39, 0.29) is 17.4 Å². The van der Waals surface area contributed by atoms with Gasteiger partial charge in [-0.15, -0.1) is 0 Å². The van der Waals surface area contributed by atoms with E-state index in [4.69, 9.17) is 4.74 Å². The molecule has 1 atom stereocenters. The monoisotopic (exact) mass is 337 g/mol. The van der Waals surface area contributed by atoms with Gasteiger partial charge >= 0.3 is 0 Å². The van der Waals surface area contributed by atoms with Crippen molar-refractivity contribution in [3.05, 3.63) is 65.7 Å². The van der Waals surface area contributed by atoms with Crippen LogP contribution in [0.15, 0.2) is 54.6 Å². The molecule has 25 heavy (non-hydrogen) atoms. The molecular weight excluding hydrogens is 310 g/mol. The summed E-state index contributed by atoms with van der Waals surface area (Å²) in [5.74, 6) is 0.974. The average molecular weight is 337 g/mol. The molecule has 1 aliphatic rings. The zero-order valence-electron chi connectivity index (χ0n) is 15.1. The summed E-state index contributed by atoms with van der Waals surface area (Å²) in [4.78, 5) is 13.1. The molecule has 1 N–H and O–H groups in total. The van der Waals surface area contributed by atoms with E-state index in [9.17, 15) is 4.79 Å². The predicted octanol–water partition coefficient (Wildman–Crippen LogP) is 4.39. The van der Waals surface area contributed by atoms with Crippen molar-refractivity contribution in [1.82, 2.24) is 5.32 Å². The lowest BCUT2D eigenvalue weighted by molar-refractivity contribution is -0.127. The smallest absolute Gasteiger partial charge is 0.230 e. The highest BCUT2D eigenvalue weighted by molar-refractivity contribution is 5.88. The fourth-order valence-electron chi connectivity index (χ4n) is 3.64. The standard InChI is InChI=1S/C22H27NO2/c1-17-10-12-20(13-11-17)25-16-18(2)23-21(24)22(14-6-7-15-22)19-8-4-3-5-9-19/h3-5,8-13,18H,6-7,14-16H2,1-2H3,(H,23,24)/t18-/m0/s1. The number of rotatable bonds is 6. The molecule has 0 heterocycles. The Balaban J connectivity index is 1.62. The first-order valence-corrected chi connectivity index (χ1v) is 9.16. The van der Waals surface area contributed by atoms with E-state index in [1.54, 1.807) is 0 Å². The van der Waals surface area contributed by atoms with Gasteiger partial charge in [0.25, 0.3) is 0 Å². The highest BCUT2D eigenvalue weighted by Crippen LogP contribution is 2.41. The van der Waals surface area contributed by atoms with Crippen LogP contribution in [0.3, 0.4) is 0 Å². The van der Waals surface area contributed by atoms with Crippen LogP contribution in [0.2, 0.25) is 0 Å². The fourth-order valence-corrected chi connectivity index (χ4v) is 3.64. The molecule has 0 saturated heterocycles. The van der Waals surface area contributed by atoms with Crippen LogP contribution in [0.5, 0.6) is 5.75 Å². The average Bonchev–Trinajstić information content (AvgIpc) is 3.13. The molecule has 3 nitrogen and oxygen atoms in total. The summed E-state index contributed by atoms with van der Waals surface area (Å²) < 4.78 is 5.81. The number of carbonyl (C=O) groups excluding carboxylic acids is 1. The molecular formula is C22H27NO2. The van der Waals surface area contributed by atoms with Crippen LogP contribution in [0.1, 0.15) is 43.7 Å². The second kappa shape index (κ2) is 7.73. The normalized spacial score (nSPS) is 17.0. The number of hydrogen-bond acceptors (Lipinski definition) is 2. The lowest BCUT2D eigenvalue weighted by atomic mass is 9.78. The second-order valence-corrected chi connectivity index (χ2v) is 7.15. The molecule has 0 bridgehead atoms. The van der Waals surface area contributed by atoms with E-state index < -0.39 is 0 Å². The highest BCUT2D eigenvalue weighted by Gasteiger charge is 2.42. The van der Waals surface area contributed by atoms with Gasteiger partial charge in [0.1, 0.15) is 12.4 Å². The number of carbonyl (C=O) groups is 1. The molecule has 1 aliphatic carbocycles. The first kappa shape index (κ1) is 17.5. The van der Waals surface area contributed by atoms with Gasteiger partial charge in [-0.3, -0.25) is 4.79 Å². The van der Waals surface area contributed by atoms with E-state index in [1.807, 2.05) is 49.4 Å². The number of amides is 1. The Kier molecular flexibility index (Phi) is 5.42. The van der Waals surface area contributed by atoms with Crippen LogP contribution in [0.4, 0.5) is 0 Å². The molecule has 0 unspecified atom stereocenters. The Morgan fingerprint density at radius 1 is 1.08 bits per heavy atom. The van der Waals surface area contributed by atoms with Crippen LogP contribution < -0.4 is 10.1 Å². The number of ether oxygens (including phenoxy) is 1. The van der Waals surface area contributed by atoms with Gasteiger partial charge in [-0.2, -0.15) is 0 Å². The maximum atomic E-state index is 13.1. The van der Waals surface area contributed by atoms with E-state index in [2.05, 4.69) is 24.4 Å². The molecule has 0 aromatic heterocycles. The minimum atomic E-state index is -0.376. The Morgan fingerprint density at radius 3 is 2.36 bits per heavy atom. The van der Waals surface area contributed by atoms with Crippen molar-refractivity contribution < 1.29 is 9.53 Å². The van der Waals surface area contributed by atoms with Gasteiger partial charge in [-0.05, 0) is 44.4 Å². The molecule has 1 fully saturated rings. The Hall–Kier alpha value is -2.29. The summed E-state index contributed by atoms with van der Waals surface area (Å²) in [5.41, 5.74) is 1.97. The van der Waals surface area contributed by atoms with Gasteiger partial charge in [0.05, 0.1) is 11.5 Å². The largest absolute Gasteiger partial charge is 0.491 e. The zero-order chi connectivity index (χ0) is 17.7. The first-order chi connectivity index (χ1) is 12.1. The molecule has 132 valence electrons. The van der Waals surface area contributed by atoms with E-state index in [0.717, 1.165) is 37.0 Å². The Bertz CT molecular complexity index is 688. The van der Waals surface area contributed by atoms with E-state index in [1.165, 1.54) is 5.56 Å². The zero-order valence-corrected chi connectivity index (χ0v) is 15.1. The van der Waals surface area contributed by atoms with Gasteiger partial charge in [-0.1, -0.05) is 60.9 Å². The van der Waals surface area contributed by atoms with Gasteiger partial charge in [0, 0.05) is 0 Å². The van der Waals surface area contributed by atoms with Gasteiger partial charge < -0.3 is 10.1 Å². The molecule has 1 amide bonds. The first-order valence-electron chi connectivity index (χ1n) is 9.16. The summed E-state index contributed by atoms with van der Waals surface area (Å²) in [5, 5.41) is 3.18. The Morgan fingerprint density at radius 2 is 1.72 bits per heavy atom. The van der Waals surface area contributed by atoms with Crippen molar-refractivity contribution in [2.24, 2.45) is 0 Å². The third-order valence-electron chi connectivity index (χ3n) is 5.12. The van der Waals surface area contributed by atoms with E-state index >= 15 is 0 Å². The second-order valence-electron chi connectivity index (χ2n) is 7.15. The molecule has 1 saturated carbocycles. The van der Waals surface area contributed by atoms with Crippen LogP contribution in [0.25, 0.3) is 0 Å². The van der Waals surface area contributed by atoms with Crippen molar-refractivity contribution in [1.29, 1.82) is 0 Å². The lowest BCUT2D eigenvalue weighted by Gasteiger charge is -2.30. The van der Waals surface area contributed by atoms with Crippen LogP contribution in [-0.4, -0.2) is 18.6 Å². The number of nitrogens with one attached hydrogen (secondary N) is 1. The molecule has 3 rings (SSSR count). The SMILES string of the molecule is Cc1ccc(OC[C@H](C)NC(=O)C2(c3ccccc3)CCCC2)cc1. The number of aryl methyl sites for hydroxylation is 1. The fraction of sp³-hybridized carbons (Fsp3) is 0.409. The maximum absolute atomic E-state index is 13.1. The Labute approximate surface area is 150 Å². The summed E-state index contributed by atoms with van der Waals surface area (Å²) >= 11 is 0. The molecule has 0 aliphatic heterocycles. The minimum absolute atomic E-state index is 0.0324. The number of benzene rings is 2. The van der Waals surface area contributed by atoms with Crippen LogP contribution in [-0.2, 0) is 10.2 Å². The molecule has 2 aromatic rings. The van der Waals surface area contributed by atoms with Crippen molar-refractivity contribution in [3.8, 4) is 5.75 Å². The predicted molar refractivity (Wildman–Crippen MR) is 101 cm³/mol. The minimum Gasteiger partial charge on any atom is -0.491 e. The van der Waals surface area contributed by atoms with Gasteiger partial charge in [-0.25, -0.2) is 0 Å². The van der Waals surface area contributed by atoms with Gasteiger partial charge in [0.2, 0.25) is 5.91 Å². The topological polar surface area (TPSA) is 38.3 Å². The summed E-state index contributed by atoms with van der Waals surface area (Å²) in [6.45, 7) is 4.52. The quantitative estimate of drug-likeness (QED) is 0.849. The molecule has 0 spiro atoms. The lowest BCUT2D eigenvalue weighted by Crippen LogP contribution is -2.47. The maximum Gasteiger partial charge on any atom is 0.230 e. The van der Waals surface area contributed by atoms with Gasteiger partial charge in [0.15, 0.2) is 0 Å². The van der Waals surface area contributed by atoms with Crippen molar-refractivity contribution in [3.63, 3.8) is 0 Å². The summed E-state index contributed by atoms with van der Waals surface area (Å²) in [6, 6.07) is 18.2. The van der Waals surface area contributed by atoms with Crippen LogP contribution >= 0.6 is 0 Å². The summed E-state index contributed by atoms with van der Waals surface area (Å²) in [7, 11) is 0. The summed E-state index contributed by atoms with van der Waals surface area (Å²) in [6.07, 6.45) is 4.07. The van der Waals surface area contributed by atoms with Crippen LogP contribution in [0, 0.1) is 6.92 Å². The van der Waals surface area contributed by atoms with Crippen molar-refractivity contribution in [2.45, 2.75) is 51.0 Å². The number of hydrogen-bond donors (Lipinski definition) is 1. The third kappa shape index (κ3) is 4.04. The third-order valence-corrected chi connectivity index (χ3v) is 5.12. The van der Waals surface area contributed by atoms with E-state index in [0.29, 0.717) is 6.61 Å². The van der Waals surface area contributed by atoms with Crippen molar-refractivity contribution in [2.75, 3.05) is 6.61 Å². The molecule has 2 aromatic carbocycles. The molecule has 3 heteroatoms.